The van der Waals surface area contributed by atoms with Crippen LogP contribution in [0, 0.1) is 0 Å². The Morgan fingerprint density at radius 2 is 2.38 bits per heavy atom. The van der Waals surface area contributed by atoms with Gasteiger partial charge in [-0.25, -0.2) is 4.79 Å². The molecule has 0 aliphatic carbocycles. The number of aromatic carboxylic acids is 1. The van der Waals surface area contributed by atoms with Crippen LogP contribution in [0.2, 0.25) is 0 Å². The Balaban J connectivity index is 2.39. The molecule has 5 nitrogen and oxygen atoms in total. The molecule has 16 heavy (non-hydrogen) atoms. The lowest BCUT2D eigenvalue weighted by molar-refractivity contribution is 0.0694. The molecule has 0 atom stereocenters. The zero-order chi connectivity index (χ0) is 11.5. The van der Waals surface area contributed by atoms with Gasteiger partial charge in [-0.2, -0.15) is 0 Å². The van der Waals surface area contributed by atoms with Crippen LogP contribution in [-0.4, -0.2) is 20.6 Å². The van der Waals surface area contributed by atoms with Crippen LogP contribution in [0.5, 0.6) is 0 Å². The second-order valence-electron chi connectivity index (χ2n) is 3.13. The number of carbonyl (C=O) groups is 1. The molecular weight excluding hydrogens is 228 g/mol. The normalized spacial score (nSPS) is 10.2. The summed E-state index contributed by atoms with van der Waals surface area (Å²) in [6, 6.07) is 2.85. The molecule has 2 rings (SSSR count). The topological polar surface area (TPSA) is 72.2 Å². The van der Waals surface area contributed by atoms with E-state index in [0.29, 0.717) is 6.54 Å². The van der Waals surface area contributed by atoms with E-state index in [1.54, 1.807) is 24.0 Å². The van der Waals surface area contributed by atoms with Crippen LogP contribution in [0.1, 0.15) is 15.2 Å². The average Bonchev–Trinajstić information content (AvgIpc) is 2.73. The van der Waals surface area contributed by atoms with E-state index in [-0.39, 0.29) is 5.56 Å². The van der Waals surface area contributed by atoms with E-state index in [1.807, 2.05) is 0 Å². The van der Waals surface area contributed by atoms with Crippen molar-refractivity contribution in [2.24, 2.45) is 0 Å². The van der Waals surface area contributed by atoms with Gasteiger partial charge in [0.25, 0.3) is 5.56 Å². The molecule has 2 aromatic heterocycles. The van der Waals surface area contributed by atoms with Crippen molar-refractivity contribution in [1.82, 2.24) is 9.55 Å². The lowest BCUT2D eigenvalue weighted by Crippen LogP contribution is -2.25. The summed E-state index contributed by atoms with van der Waals surface area (Å²) in [5.41, 5.74) is 0.955. The summed E-state index contributed by atoms with van der Waals surface area (Å²) in [7, 11) is 0. The van der Waals surface area contributed by atoms with Crippen molar-refractivity contribution >= 4 is 17.3 Å². The third-order valence-corrected chi connectivity index (χ3v) is 2.82. The van der Waals surface area contributed by atoms with Gasteiger partial charge in [-0.15, -0.1) is 11.3 Å². The first kappa shape index (κ1) is 10.6. The molecule has 0 aliphatic heterocycles. The highest BCUT2D eigenvalue weighted by molar-refractivity contribution is 7.09. The van der Waals surface area contributed by atoms with Crippen LogP contribution in [-0.2, 0) is 6.54 Å². The Bertz CT molecular complexity index is 560. The quantitative estimate of drug-likeness (QED) is 0.864. The smallest absolute Gasteiger partial charge is 0.341 e. The van der Waals surface area contributed by atoms with Gasteiger partial charge < -0.3 is 9.67 Å². The number of aromatic nitrogens is 2. The van der Waals surface area contributed by atoms with Crippen LogP contribution in [0.15, 0.2) is 34.8 Å². The first-order valence-electron chi connectivity index (χ1n) is 4.48. The Hall–Kier alpha value is -1.95. The summed E-state index contributed by atoms with van der Waals surface area (Å²) in [5, 5.41) is 8.79. The van der Waals surface area contributed by atoms with Crippen LogP contribution in [0.3, 0.4) is 0 Å². The monoisotopic (exact) mass is 236 g/mol. The minimum atomic E-state index is -1.20. The molecule has 2 heterocycles. The molecule has 0 radical (unpaired) electrons. The Labute approximate surface area is 94.6 Å². The molecule has 1 N–H and O–H groups in total. The lowest BCUT2D eigenvalue weighted by atomic mass is 10.3. The van der Waals surface area contributed by atoms with Crippen molar-refractivity contribution in [3.05, 3.63) is 50.8 Å². The molecule has 82 valence electrons. The van der Waals surface area contributed by atoms with Crippen molar-refractivity contribution in [2.75, 3.05) is 0 Å². The van der Waals surface area contributed by atoms with Crippen LogP contribution in [0.25, 0.3) is 0 Å². The molecule has 0 fully saturated rings. The molecule has 0 aliphatic rings. The van der Waals surface area contributed by atoms with Crippen molar-refractivity contribution in [3.8, 4) is 0 Å². The summed E-state index contributed by atoms with van der Waals surface area (Å²) in [6.07, 6.45) is 3.22. The standard InChI is InChI=1S/C10H8N2O3S/c13-9-8(10(14)15)2-1-3-12(9)5-7-4-11-6-16-7/h1-4,6H,5H2,(H,14,15). The summed E-state index contributed by atoms with van der Waals surface area (Å²) in [4.78, 5) is 27.3. The predicted molar refractivity (Wildman–Crippen MR) is 58.9 cm³/mol. The zero-order valence-corrected chi connectivity index (χ0v) is 8.98. The number of hydrogen-bond donors (Lipinski definition) is 1. The molecule has 0 saturated heterocycles. The minimum absolute atomic E-state index is 0.216. The SMILES string of the molecule is O=C(O)c1cccn(Cc2cncs2)c1=O. The van der Waals surface area contributed by atoms with Gasteiger partial charge in [-0.05, 0) is 12.1 Å². The van der Waals surface area contributed by atoms with Gasteiger partial charge in [0, 0.05) is 17.3 Å². The van der Waals surface area contributed by atoms with E-state index in [0.717, 1.165) is 4.88 Å². The van der Waals surface area contributed by atoms with Crippen LogP contribution in [0.4, 0.5) is 0 Å². The maximum absolute atomic E-state index is 11.7. The molecule has 0 spiro atoms. The van der Waals surface area contributed by atoms with Gasteiger partial charge in [0.15, 0.2) is 0 Å². The Kier molecular flexibility index (Phi) is 2.82. The number of rotatable bonds is 3. The fraction of sp³-hybridized carbons (Fsp3) is 0.100. The van der Waals surface area contributed by atoms with E-state index >= 15 is 0 Å². The van der Waals surface area contributed by atoms with Crippen molar-refractivity contribution in [3.63, 3.8) is 0 Å². The number of carboxylic acids is 1. The third-order valence-electron chi connectivity index (χ3n) is 2.06. The number of pyridine rings is 1. The first-order chi connectivity index (χ1) is 7.68. The molecular formula is C10H8N2O3S. The molecule has 0 bridgehead atoms. The second-order valence-corrected chi connectivity index (χ2v) is 4.10. The highest BCUT2D eigenvalue weighted by Gasteiger charge is 2.10. The number of hydrogen-bond acceptors (Lipinski definition) is 4. The second kappa shape index (κ2) is 4.28. The Morgan fingerprint density at radius 1 is 1.56 bits per heavy atom. The highest BCUT2D eigenvalue weighted by Crippen LogP contribution is 2.06. The van der Waals surface area contributed by atoms with Gasteiger partial charge in [-0.3, -0.25) is 9.78 Å². The van der Waals surface area contributed by atoms with Crippen molar-refractivity contribution in [1.29, 1.82) is 0 Å². The number of thiazole rings is 1. The lowest BCUT2D eigenvalue weighted by Gasteiger charge is -2.03. The fourth-order valence-electron chi connectivity index (χ4n) is 1.31. The summed E-state index contributed by atoms with van der Waals surface area (Å²) in [6.45, 7) is 0.352. The summed E-state index contributed by atoms with van der Waals surface area (Å²) >= 11 is 1.42. The Morgan fingerprint density at radius 3 is 3.00 bits per heavy atom. The van der Waals surface area contributed by atoms with E-state index in [9.17, 15) is 9.59 Å². The van der Waals surface area contributed by atoms with Gasteiger partial charge in [-0.1, -0.05) is 0 Å². The fourth-order valence-corrected chi connectivity index (χ4v) is 1.90. The molecule has 0 aromatic carbocycles. The third kappa shape index (κ3) is 2.01. The highest BCUT2D eigenvalue weighted by atomic mass is 32.1. The molecule has 6 heteroatoms. The van der Waals surface area contributed by atoms with E-state index in [1.165, 1.54) is 22.0 Å². The molecule has 2 aromatic rings. The van der Waals surface area contributed by atoms with Gasteiger partial charge in [0.05, 0.1) is 12.1 Å². The van der Waals surface area contributed by atoms with Gasteiger partial charge in [0.1, 0.15) is 5.56 Å². The van der Waals surface area contributed by atoms with E-state index < -0.39 is 11.5 Å². The van der Waals surface area contributed by atoms with Gasteiger partial charge in [0.2, 0.25) is 0 Å². The maximum atomic E-state index is 11.7. The number of nitrogens with zero attached hydrogens (tertiary/aromatic N) is 2. The minimum Gasteiger partial charge on any atom is -0.477 e. The number of carboxylic acid groups (broad SMARTS) is 1. The molecule has 0 amide bonds. The summed E-state index contributed by atoms with van der Waals surface area (Å²) < 4.78 is 1.36. The maximum Gasteiger partial charge on any atom is 0.341 e. The van der Waals surface area contributed by atoms with E-state index in [2.05, 4.69) is 4.98 Å². The van der Waals surface area contributed by atoms with Crippen LogP contribution < -0.4 is 5.56 Å². The first-order valence-corrected chi connectivity index (χ1v) is 5.36. The van der Waals surface area contributed by atoms with Crippen molar-refractivity contribution in [2.45, 2.75) is 6.54 Å². The van der Waals surface area contributed by atoms with Crippen LogP contribution >= 0.6 is 11.3 Å². The summed E-state index contributed by atoms with van der Waals surface area (Å²) in [5.74, 6) is -1.20. The van der Waals surface area contributed by atoms with Gasteiger partial charge >= 0.3 is 5.97 Å². The predicted octanol–water partition coefficient (Wildman–Crippen LogP) is 1.05. The molecule has 0 unspecified atom stereocenters. The molecule has 0 saturated carbocycles. The average molecular weight is 236 g/mol. The van der Waals surface area contributed by atoms with Crippen molar-refractivity contribution < 1.29 is 9.90 Å². The van der Waals surface area contributed by atoms with E-state index in [4.69, 9.17) is 5.11 Å². The zero-order valence-electron chi connectivity index (χ0n) is 8.16. The largest absolute Gasteiger partial charge is 0.477 e.